The molecule has 144 valence electrons. The van der Waals surface area contributed by atoms with Crippen LogP contribution in [0.2, 0.25) is 0 Å². The second-order valence-corrected chi connectivity index (χ2v) is 6.02. The molecule has 6 nitrogen and oxygen atoms in total. The second-order valence-electron chi connectivity index (χ2n) is 6.02. The summed E-state index contributed by atoms with van der Waals surface area (Å²) in [6, 6.07) is 12.1. The van der Waals surface area contributed by atoms with Crippen LogP contribution in [0.15, 0.2) is 42.5 Å². The number of nitrogens with one attached hydrogen (secondary N) is 1. The van der Waals surface area contributed by atoms with Crippen LogP contribution < -0.4 is 14.8 Å². The van der Waals surface area contributed by atoms with Crippen LogP contribution in [-0.2, 0) is 16.0 Å². The van der Waals surface area contributed by atoms with Crippen LogP contribution in [-0.4, -0.2) is 32.7 Å². The standard InChI is InChI=1S/C21H25NO5/c1-5-15-6-8-16(9-7-15)21(24)27-13-20(23)22-14(2)18-12-17(25-3)10-11-19(18)26-4/h6-12,14H,5,13H2,1-4H3,(H,22,23)/t14-/m0/s1. The summed E-state index contributed by atoms with van der Waals surface area (Å²) in [6.45, 7) is 3.50. The molecule has 0 spiro atoms. The molecular weight excluding hydrogens is 346 g/mol. The molecule has 0 aromatic heterocycles. The van der Waals surface area contributed by atoms with E-state index in [1.54, 1.807) is 44.6 Å². The van der Waals surface area contributed by atoms with Crippen LogP contribution in [0.5, 0.6) is 11.5 Å². The van der Waals surface area contributed by atoms with Gasteiger partial charge in [-0.3, -0.25) is 4.79 Å². The molecule has 0 bridgehead atoms. The number of carbonyl (C=O) groups is 2. The van der Waals surface area contributed by atoms with Gasteiger partial charge in [0.25, 0.3) is 5.91 Å². The van der Waals surface area contributed by atoms with E-state index < -0.39 is 11.9 Å². The maximum absolute atomic E-state index is 12.2. The monoisotopic (exact) mass is 371 g/mol. The van der Waals surface area contributed by atoms with Crippen LogP contribution in [0.3, 0.4) is 0 Å². The largest absolute Gasteiger partial charge is 0.497 e. The zero-order chi connectivity index (χ0) is 19.8. The van der Waals surface area contributed by atoms with E-state index in [-0.39, 0.29) is 12.6 Å². The normalized spacial score (nSPS) is 11.4. The minimum absolute atomic E-state index is 0.343. The fraction of sp³-hybridized carbons (Fsp3) is 0.333. The quantitative estimate of drug-likeness (QED) is 0.721. The molecular formula is C21H25NO5. The van der Waals surface area contributed by atoms with Crippen LogP contribution in [0.25, 0.3) is 0 Å². The van der Waals surface area contributed by atoms with E-state index in [4.69, 9.17) is 14.2 Å². The van der Waals surface area contributed by atoms with Gasteiger partial charge in [0.1, 0.15) is 11.5 Å². The first-order valence-corrected chi connectivity index (χ1v) is 8.75. The number of aryl methyl sites for hydroxylation is 1. The first-order valence-electron chi connectivity index (χ1n) is 8.75. The number of benzene rings is 2. The molecule has 0 heterocycles. The van der Waals surface area contributed by atoms with Gasteiger partial charge < -0.3 is 19.5 Å². The smallest absolute Gasteiger partial charge is 0.338 e. The Kier molecular flexibility index (Phi) is 7.23. The van der Waals surface area contributed by atoms with Gasteiger partial charge in [-0.15, -0.1) is 0 Å². The third-order valence-electron chi connectivity index (χ3n) is 4.21. The number of hydrogen-bond donors (Lipinski definition) is 1. The lowest BCUT2D eigenvalue weighted by Gasteiger charge is -2.18. The first-order chi connectivity index (χ1) is 13.0. The van der Waals surface area contributed by atoms with E-state index in [9.17, 15) is 9.59 Å². The van der Waals surface area contributed by atoms with Gasteiger partial charge in [0, 0.05) is 5.56 Å². The Balaban J connectivity index is 1.93. The Morgan fingerprint density at radius 1 is 1.04 bits per heavy atom. The number of amides is 1. The number of hydrogen-bond acceptors (Lipinski definition) is 5. The number of methoxy groups -OCH3 is 2. The SMILES string of the molecule is CCc1ccc(C(=O)OCC(=O)N[C@@H](C)c2cc(OC)ccc2OC)cc1. The summed E-state index contributed by atoms with van der Waals surface area (Å²) < 4.78 is 15.6. The first kappa shape index (κ1) is 20.3. The average molecular weight is 371 g/mol. The Morgan fingerprint density at radius 3 is 2.33 bits per heavy atom. The third kappa shape index (κ3) is 5.48. The summed E-state index contributed by atoms with van der Waals surface area (Å²) in [5, 5.41) is 2.80. The van der Waals surface area contributed by atoms with Crippen molar-refractivity contribution >= 4 is 11.9 Å². The summed E-state index contributed by atoms with van der Waals surface area (Å²) in [6.07, 6.45) is 0.892. The van der Waals surface area contributed by atoms with Gasteiger partial charge in [0.2, 0.25) is 0 Å². The number of carbonyl (C=O) groups excluding carboxylic acids is 2. The molecule has 0 saturated heterocycles. The van der Waals surface area contributed by atoms with E-state index in [1.807, 2.05) is 26.0 Å². The predicted octanol–water partition coefficient (Wildman–Crippen LogP) is 3.30. The highest BCUT2D eigenvalue weighted by Crippen LogP contribution is 2.29. The number of rotatable bonds is 8. The van der Waals surface area contributed by atoms with Crippen LogP contribution in [0, 0.1) is 0 Å². The Bertz CT molecular complexity index is 786. The van der Waals surface area contributed by atoms with Crippen molar-refractivity contribution in [3.05, 3.63) is 59.2 Å². The highest BCUT2D eigenvalue weighted by molar-refractivity contribution is 5.91. The van der Waals surface area contributed by atoms with E-state index in [1.165, 1.54) is 0 Å². The van der Waals surface area contributed by atoms with Crippen molar-refractivity contribution in [3.8, 4) is 11.5 Å². The molecule has 0 radical (unpaired) electrons. The minimum atomic E-state index is -0.528. The summed E-state index contributed by atoms with van der Waals surface area (Å²) in [4.78, 5) is 24.2. The molecule has 0 aliphatic rings. The van der Waals surface area contributed by atoms with Crippen LogP contribution >= 0.6 is 0 Å². The molecule has 2 rings (SSSR count). The molecule has 0 fully saturated rings. The van der Waals surface area contributed by atoms with E-state index in [2.05, 4.69) is 5.32 Å². The van der Waals surface area contributed by atoms with Crippen molar-refractivity contribution in [2.45, 2.75) is 26.3 Å². The fourth-order valence-electron chi connectivity index (χ4n) is 2.63. The molecule has 1 atom stereocenters. The molecule has 1 N–H and O–H groups in total. The van der Waals surface area contributed by atoms with E-state index >= 15 is 0 Å². The predicted molar refractivity (Wildman–Crippen MR) is 102 cm³/mol. The summed E-state index contributed by atoms with van der Waals surface area (Å²) in [5.41, 5.74) is 2.32. The van der Waals surface area contributed by atoms with Crippen LogP contribution in [0.1, 0.15) is 41.4 Å². The third-order valence-corrected chi connectivity index (χ3v) is 4.21. The zero-order valence-corrected chi connectivity index (χ0v) is 16.1. The van der Waals surface area contributed by atoms with Gasteiger partial charge in [-0.05, 0) is 49.2 Å². The van der Waals surface area contributed by atoms with E-state index in [0.29, 0.717) is 17.1 Å². The molecule has 2 aromatic carbocycles. The molecule has 0 saturated carbocycles. The van der Waals surface area contributed by atoms with Crippen molar-refractivity contribution in [2.75, 3.05) is 20.8 Å². The lowest BCUT2D eigenvalue weighted by atomic mass is 10.1. The summed E-state index contributed by atoms with van der Waals surface area (Å²) in [7, 11) is 3.13. The van der Waals surface area contributed by atoms with E-state index in [0.717, 1.165) is 17.5 Å². The lowest BCUT2D eigenvalue weighted by molar-refractivity contribution is -0.124. The maximum atomic E-state index is 12.2. The molecule has 0 unspecified atom stereocenters. The molecule has 6 heteroatoms. The van der Waals surface area contributed by atoms with Gasteiger partial charge in [-0.2, -0.15) is 0 Å². The lowest BCUT2D eigenvalue weighted by Crippen LogP contribution is -2.31. The average Bonchev–Trinajstić information content (AvgIpc) is 2.71. The van der Waals surface area contributed by atoms with Crippen molar-refractivity contribution in [2.24, 2.45) is 0 Å². The molecule has 0 aliphatic heterocycles. The topological polar surface area (TPSA) is 73.9 Å². The zero-order valence-electron chi connectivity index (χ0n) is 16.1. The van der Waals surface area contributed by atoms with Gasteiger partial charge in [0.15, 0.2) is 6.61 Å². The van der Waals surface area contributed by atoms with Crippen molar-refractivity contribution in [1.29, 1.82) is 0 Å². The molecule has 27 heavy (non-hydrogen) atoms. The summed E-state index contributed by atoms with van der Waals surface area (Å²) >= 11 is 0. The van der Waals surface area contributed by atoms with Gasteiger partial charge >= 0.3 is 5.97 Å². The van der Waals surface area contributed by atoms with Gasteiger partial charge in [-0.25, -0.2) is 4.79 Å². The Labute approximate surface area is 159 Å². The van der Waals surface area contributed by atoms with Crippen molar-refractivity contribution < 1.29 is 23.8 Å². The Morgan fingerprint density at radius 2 is 1.74 bits per heavy atom. The highest BCUT2D eigenvalue weighted by atomic mass is 16.5. The van der Waals surface area contributed by atoms with Crippen molar-refractivity contribution in [3.63, 3.8) is 0 Å². The molecule has 2 aromatic rings. The number of ether oxygens (including phenoxy) is 3. The highest BCUT2D eigenvalue weighted by Gasteiger charge is 2.17. The number of esters is 1. The maximum Gasteiger partial charge on any atom is 0.338 e. The van der Waals surface area contributed by atoms with Gasteiger partial charge in [0.05, 0.1) is 25.8 Å². The second kappa shape index (κ2) is 9.62. The molecule has 1 amide bonds. The minimum Gasteiger partial charge on any atom is -0.497 e. The molecule has 0 aliphatic carbocycles. The Hall–Kier alpha value is -3.02. The van der Waals surface area contributed by atoms with Crippen molar-refractivity contribution in [1.82, 2.24) is 5.32 Å². The fourth-order valence-corrected chi connectivity index (χ4v) is 2.63. The summed E-state index contributed by atoms with van der Waals surface area (Å²) in [5.74, 6) is 0.371. The van der Waals surface area contributed by atoms with Crippen LogP contribution in [0.4, 0.5) is 0 Å². The van der Waals surface area contributed by atoms with Gasteiger partial charge in [-0.1, -0.05) is 19.1 Å².